The maximum Gasteiger partial charge on any atom is 0.305 e. The van der Waals surface area contributed by atoms with Crippen LogP contribution in [-0.4, -0.2) is 98.9 Å². The summed E-state index contributed by atoms with van der Waals surface area (Å²) >= 11 is 0. The molecular formula is C25H36N6O12. The first kappa shape index (κ1) is 37.8. The molecule has 0 aromatic rings. The number of hydrogen-bond acceptors (Lipinski definition) is 9. The Morgan fingerprint density at radius 2 is 1.12 bits per heavy atom. The van der Waals surface area contributed by atoms with Crippen molar-refractivity contribution in [2.45, 2.75) is 83.1 Å². The van der Waals surface area contributed by atoms with E-state index < -0.39 is 115 Å². The molecule has 10 N–H and O–H groups in total. The zero-order valence-corrected chi connectivity index (χ0v) is 23.7. The van der Waals surface area contributed by atoms with Gasteiger partial charge >= 0.3 is 17.9 Å². The van der Waals surface area contributed by atoms with Crippen molar-refractivity contribution in [1.82, 2.24) is 26.6 Å². The quantitative estimate of drug-likeness (QED) is 0.0640. The largest absolute Gasteiger partial charge is 0.481 e. The molecule has 0 spiro atoms. The molecule has 0 radical (unpaired) electrons. The number of amides is 6. The Bertz CT molecular complexity index is 1130. The molecule has 43 heavy (non-hydrogen) atoms. The lowest BCUT2D eigenvalue weighted by atomic mass is 10.0. The number of carboxylic acid groups (broad SMARTS) is 3. The Morgan fingerprint density at radius 1 is 0.674 bits per heavy atom. The smallest absolute Gasteiger partial charge is 0.305 e. The predicted molar refractivity (Wildman–Crippen MR) is 144 cm³/mol. The first-order valence-corrected chi connectivity index (χ1v) is 12.8. The summed E-state index contributed by atoms with van der Waals surface area (Å²) in [5.41, 5.74) is 5.17. The monoisotopic (exact) mass is 612 g/mol. The van der Waals surface area contributed by atoms with E-state index in [1.165, 1.54) is 13.8 Å². The van der Waals surface area contributed by atoms with Gasteiger partial charge in [-0.2, -0.15) is 0 Å². The molecule has 0 saturated heterocycles. The van der Waals surface area contributed by atoms with Crippen LogP contribution in [-0.2, 0) is 43.2 Å². The Balaban J connectivity index is 6.00. The van der Waals surface area contributed by atoms with Gasteiger partial charge in [-0.25, -0.2) is 0 Å². The first-order valence-electron chi connectivity index (χ1n) is 12.8. The topological polar surface area (TPSA) is 300 Å². The summed E-state index contributed by atoms with van der Waals surface area (Å²) in [6.45, 7) is 3.96. The Kier molecular flexibility index (Phi) is 16.1. The molecule has 0 aliphatic rings. The number of hydrogen-bond donors (Lipinski definition) is 9. The van der Waals surface area contributed by atoms with E-state index in [4.69, 9.17) is 22.4 Å². The molecule has 0 rings (SSSR count). The number of terminal acetylenes is 1. The number of carboxylic acids is 3. The molecule has 1 unspecified atom stereocenters. The van der Waals surface area contributed by atoms with Crippen LogP contribution in [0.1, 0.15) is 52.9 Å². The Morgan fingerprint density at radius 3 is 1.51 bits per heavy atom. The highest BCUT2D eigenvalue weighted by molar-refractivity contribution is 5.97. The fourth-order valence-corrected chi connectivity index (χ4v) is 3.49. The average molecular weight is 613 g/mol. The summed E-state index contributed by atoms with van der Waals surface area (Å²) in [5.74, 6) is -9.07. The van der Waals surface area contributed by atoms with E-state index in [0.717, 1.165) is 6.92 Å². The summed E-state index contributed by atoms with van der Waals surface area (Å²) in [6, 6.07) is -7.83. The first-order chi connectivity index (χ1) is 19.9. The van der Waals surface area contributed by atoms with Crippen LogP contribution in [0.4, 0.5) is 0 Å². The molecule has 5 atom stereocenters. The summed E-state index contributed by atoms with van der Waals surface area (Å²) in [7, 11) is 0. The standard InChI is InChI=1S/C25H36N6O12/c1-5-6-13(21(26)39)28-24(42)16(10-19(37)38)30-25(43)20(11(2)3)31-22(40)14(7-8-17(33)34)29-23(41)15(9-18(35)36)27-12(4)32/h1,11,13-16,20H,6-10H2,2-4H3,(H2,26,39)(H,27,32)(H,28,42)(H,29,41)(H,30,43)(H,31,40)(H,33,34)(H,35,36)(H,37,38)/t13-,14-,15-,16-,20?/m1/s1. The molecule has 0 aromatic carbocycles. The normalized spacial score (nSPS) is 13.9. The lowest BCUT2D eigenvalue weighted by Gasteiger charge is -2.28. The van der Waals surface area contributed by atoms with Gasteiger partial charge in [0.15, 0.2) is 0 Å². The van der Waals surface area contributed by atoms with Crippen molar-refractivity contribution in [3.05, 3.63) is 0 Å². The fourth-order valence-electron chi connectivity index (χ4n) is 3.49. The van der Waals surface area contributed by atoms with Crippen molar-refractivity contribution in [3.8, 4) is 12.3 Å². The number of aliphatic carboxylic acids is 3. The SMILES string of the molecule is C#CC[C@@H](NC(=O)[C@@H](CC(=O)O)NC(=O)C(NC(=O)[C@@H](CCC(=O)O)NC(=O)[C@@H](CC(=O)O)NC(C)=O)C(C)C)C(N)=O. The maximum absolute atomic E-state index is 13.1. The Labute approximate surface area is 245 Å². The van der Waals surface area contributed by atoms with Crippen LogP contribution >= 0.6 is 0 Å². The minimum absolute atomic E-state index is 0.321. The minimum atomic E-state index is -1.75. The van der Waals surface area contributed by atoms with Crippen molar-refractivity contribution in [1.29, 1.82) is 0 Å². The molecule has 18 heteroatoms. The van der Waals surface area contributed by atoms with Crippen molar-refractivity contribution in [2.75, 3.05) is 0 Å². The molecule has 18 nitrogen and oxygen atoms in total. The highest BCUT2D eigenvalue weighted by atomic mass is 16.4. The van der Waals surface area contributed by atoms with Gasteiger partial charge in [0.25, 0.3) is 0 Å². The van der Waals surface area contributed by atoms with Crippen LogP contribution in [0.15, 0.2) is 0 Å². The Hall–Kier alpha value is -5.21. The molecule has 238 valence electrons. The summed E-state index contributed by atoms with van der Waals surface area (Å²) in [4.78, 5) is 108. The van der Waals surface area contributed by atoms with E-state index in [-0.39, 0.29) is 6.42 Å². The van der Waals surface area contributed by atoms with Crippen molar-refractivity contribution in [2.24, 2.45) is 11.7 Å². The van der Waals surface area contributed by atoms with Gasteiger partial charge in [0.1, 0.15) is 30.2 Å². The molecule has 0 saturated carbocycles. The van der Waals surface area contributed by atoms with Gasteiger partial charge in [-0.1, -0.05) is 13.8 Å². The van der Waals surface area contributed by atoms with Crippen LogP contribution < -0.4 is 32.3 Å². The van der Waals surface area contributed by atoms with E-state index >= 15 is 0 Å². The number of nitrogens with one attached hydrogen (secondary N) is 5. The number of carbonyl (C=O) groups excluding carboxylic acids is 6. The summed E-state index contributed by atoms with van der Waals surface area (Å²) in [5, 5.41) is 38.2. The van der Waals surface area contributed by atoms with E-state index in [1.807, 2.05) is 0 Å². The van der Waals surface area contributed by atoms with Crippen molar-refractivity contribution in [3.63, 3.8) is 0 Å². The van der Waals surface area contributed by atoms with E-state index in [1.54, 1.807) is 0 Å². The average Bonchev–Trinajstić information content (AvgIpc) is 2.86. The third-order valence-corrected chi connectivity index (χ3v) is 5.59. The van der Waals surface area contributed by atoms with Crippen molar-refractivity contribution >= 4 is 53.4 Å². The molecule has 6 amide bonds. The number of rotatable bonds is 19. The highest BCUT2D eigenvalue weighted by Gasteiger charge is 2.34. The number of primary amides is 1. The van der Waals surface area contributed by atoms with Gasteiger partial charge in [-0.3, -0.25) is 43.2 Å². The third kappa shape index (κ3) is 14.8. The molecule has 0 heterocycles. The zero-order chi connectivity index (χ0) is 33.4. The van der Waals surface area contributed by atoms with Gasteiger partial charge < -0.3 is 47.6 Å². The van der Waals surface area contributed by atoms with Crippen molar-refractivity contribution < 1.29 is 58.5 Å². The lowest BCUT2D eigenvalue weighted by molar-refractivity contribution is -0.142. The van der Waals surface area contributed by atoms with Gasteiger partial charge in [0.05, 0.1) is 12.8 Å². The number of nitrogens with two attached hydrogens (primary N) is 1. The molecular weight excluding hydrogens is 576 g/mol. The van der Waals surface area contributed by atoms with Crippen LogP contribution in [0.25, 0.3) is 0 Å². The summed E-state index contributed by atoms with van der Waals surface area (Å²) < 4.78 is 0. The van der Waals surface area contributed by atoms with Gasteiger partial charge in [0.2, 0.25) is 35.4 Å². The maximum atomic E-state index is 13.1. The van der Waals surface area contributed by atoms with Crippen LogP contribution in [0.5, 0.6) is 0 Å². The molecule has 0 aromatic heterocycles. The number of carbonyl (C=O) groups is 9. The van der Waals surface area contributed by atoms with E-state index in [2.05, 4.69) is 32.5 Å². The zero-order valence-electron chi connectivity index (χ0n) is 23.7. The summed E-state index contributed by atoms with van der Waals surface area (Å²) in [6.07, 6.45) is 1.87. The third-order valence-electron chi connectivity index (χ3n) is 5.59. The van der Waals surface area contributed by atoms with E-state index in [0.29, 0.717) is 0 Å². The lowest BCUT2D eigenvalue weighted by Crippen LogP contribution is -2.60. The van der Waals surface area contributed by atoms with Crippen LogP contribution in [0.2, 0.25) is 0 Å². The molecule has 0 aliphatic heterocycles. The minimum Gasteiger partial charge on any atom is -0.481 e. The predicted octanol–water partition coefficient (Wildman–Crippen LogP) is -3.59. The van der Waals surface area contributed by atoms with Gasteiger partial charge in [0, 0.05) is 19.8 Å². The van der Waals surface area contributed by atoms with Crippen LogP contribution in [0.3, 0.4) is 0 Å². The highest BCUT2D eigenvalue weighted by Crippen LogP contribution is 2.08. The second kappa shape index (κ2) is 18.3. The molecule has 0 bridgehead atoms. The molecule has 0 fully saturated rings. The molecule has 0 aliphatic carbocycles. The fraction of sp³-hybridized carbons (Fsp3) is 0.560. The van der Waals surface area contributed by atoms with Gasteiger partial charge in [-0.15, -0.1) is 12.3 Å². The van der Waals surface area contributed by atoms with Gasteiger partial charge in [-0.05, 0) is 12.3 Å². The second-order valence-corrected chi connectivity index (χ2v) is 9.61. The second-order valence-electron chi connectivity index (χ2n) is 9.61. The van der Waals surface area contributed by atoms with E-state index in [9.17, 15) is 48.3 Å². The van der Waals surface area contributed by atoms with Crippen LogP contribution in [0, 0.1) is 18.3 Å².